The Labute approximate surface area is 173 Å². The van der Waals surface area contributed by atoms with Gasteiger partial charge in [0.15, 0.2) is 0 Å². The molecule has 0 amide bonds. The summed E-state index contributed by atoms with van der Waals surface area (Å²) in [5.74, 6) is 0.621. The first kappa shape index (κ1) is 26.1. The number of nitrogens with two attached hydrogens (primary N) is 1. The van der Waals surface area contributed by atoms with Crippen LogP contribution in [0.2, 0.25) is 0 Å². The van der Waals surface area contributed by atoms with Crippen LogP contribution in [-0.4, -0.2) is 12.3 Å². The Morgan fingerprint density at radius 3 is 1.50 bits per heavy atom. The molecule has 0 spiro atoms. The van der Waals surface area contributed by atoms with Crippen LogP contribution in [0.15, 0.2) is 72.9 Å². The molecule has 2 N–H and O–H groups in total. The van der Waals surface area contributed by atoms with Crippen molar-refractivity contribution < 1.29 is 4.79 Å². The zero-order valence-electron chi connectivity index (χ0n) is 18.1. The van der Waals surface area contributed by atoms with Crippen LogP contribution >= 0.6 is 0 Å². The summed E-state index contributed by atoms with van der Waals surface area (Å²) in [7, 11) is 0. The van der Waals surface area contributed by atoms with Crippen LogP contribution in [0, 0.1) is 5.92 Å². The summed E-state index contributed by atoms with van der Waals surface area (Å²) in [4.78, 5) is 11.7. The summed E-state index contributed by atoms with van der Waals surface area (Å²) in [6.45, 7) is 4.77. The number of hydrogen-bond acceptors (Lipinski definition) is 2. The van der Waals surface area contributed by atoms with E-state index in [0.717, 1.165) is 44.9 Å². The second-order valence-corrected chi connectivity index (χ2v) is 7.04. The standard InChI is InChI=1S/C26H41NO/c1-3-4-5-6-7-8-9-10-11-12-13-14-15-16-17-18-19-20-21-22-26(28)23-25(2)24-27/h4-5,7-8,10-11,13-14,16-17,19-20,25H,3,6,9,12,15,18,21-24,27H2,1-2H3/b5-4-,8-7-,11-10-,14-13-,17-16-,20-19-. The highest BCUT2D eigenvalue weighted by Crippen LogP contribution is 2.05. The normalized spacial score (nSPS) is 14.1. The summed E-state index contributed by atoms with van der Waals surface area (Å²) in [5.41, 5.74) is 5.54. The molecule has 0 aliphatic carbocycles. The number of ketones is 1. The van der Waals surface area contributed by atoms with Crippen LogP contribution in [0.25, 0.3) is 0 Å². The Balaban J connectivity index is 3.59. The third-order valence-electron chi connectivity index (χ3n) is 4.16. The van der Waals surface area contributed by atoms with Gasteiger partial charge in [0.1, 0.15) is 5.78 Å². The van der Waals surface area contributed by atoms with Crippen LogP contribution in [-0.2, 0) is 4.79 Å². The minimum Gasteiger partial charge on any atom is -0.330 e. The molecule has 2 heteroatoms. The number of allylic oxidation sites excluding steroid dienone is 12. The fourth-order valence-electron chi connectivity index (χ4n) is 2.46. The molecule has 0 fully saturated rings. The van der Waals surface area contributed by atoms with Gasteiger partial charge in [-0.15, -0.1) is 0 Å². The lowest BCUT2D eigenvalue weighted by atomic mass is 10.0. The van der Waals surface area contributed by atoms with E-state index in [9.17, 15) is 4.79 Å². The SMILES string of the molecule is CC/C=C\C/C=C\C/C=C\C/C=C\C/C=C\C/C=C\CCC(=O)CC(C)CN. The van der Waals surface area contributed by atoms with Gasteiger partial charge in [0.2, 0.25) is 0 Å². The summed E-state index contributed by atoms with van der Waals surface area (Å²) < 4.78 is 0. The first-order valence-corrected chi connectivity index (χ1v) is 10.8. The van der Waals surface area contributed by atoms with E-state index in [1.54, 1.807) is 0 Å². The largest absolute Gasteiger partial charge is 0.330 e. The maximum absolute atomic E-state index is 11.7. The predicted molar refractivity (Wildman–Crippen MR) is 125 cm³/mol. The molecule has 156 valence electrons. The average molecular weight is 384 g/mol. The van der Waals surface area contributed by atoms with Crippen LogP contribution in [0.5, 0.6) is 0 Å². The Bertz CT molecular complexity index is 535. The van der Waals surface area contributed by atoms with Crippen molar-refractivity contribution in [1.82, 2.24) is 0 Å². The molecule has 0 rings (SSSR count). The fourth-order valence-corrected chi connectivity index (χ4v) is 2.46. The zero-order chi connectivity index (χ0) is 20.7. The predicted octanol–water partition coefficient (Wildman–Crippen LogP) is 7.02. The van der Waals surface area contributed by atoms with Crippen molar-refractivity contribution in [3.8, 4) is 0 Å². The molecule has 28 heavy (non-hydrogen) atoms. The molecule has 0 radical (unpaired) electrons. The van der Waals surface area contributed by atoms with Gasteiger partial charge in [-0.3, -0.25) is 4.79 Å². The van der Waals surface area contributed by atoms with Crippen molar-refractivity contribution in [2.24, 2.45) is 11.7 Å². The van der Waals surface area contributed by atoms with Gasteiger partial charge in [-0.05, 0) is 57.4 Å². The molecule has 0 aliphatic rings. The maximum atomic E-state index is 11.7. The maximum Gasteiger partial charge on any atom is 0.133 e. The Hall–Kier alpha value is -1.93. The highest BCUT2D eigenvalue weighted by Gasteiger charge is 2.05. The molecule has 0 aromatic carbocycles. The van der Waals surface area contributed by atoms with E-state index >= 15 is 0 Å². The number of carbonyl (C=O) groups is 1. The second kappa shape index (κ2) is 21.4. The van der Waals surface area contributed by atoms with E-state index in [2.05, 4.69) is 79.8 Å². The number of hydrogen-bond donors (Lipinski definition) is 1. The van der Waals surface area contributed by atoms with E-state index in [4.69, 9.17) is 5.73 Å². The molecule has 0 aliphatic heterocycles. The van der Waals surface area contributed by atoms with E-state index in [-0.39, 0.29) is 0 Å². The van der Waals surface area contributed by atoms with Crippen molar-refractivity contribution in [3.63, 3.8) is 0 Å². The lowest BCUT2D eigenvalue weighted by Gasteiger charge is -2.05. The molecule has 0 saturated carbocycles. The average Bonchev–Trinajstić information content (AvgIpc) is 2.69. The van der Waals surface area contributed by atoms with E-state index in [1.165, 1.54) is 0 Å². The van der Waals surface area contributed by atoms with Gasteiger partial charge in [-0.2, -0.15) is 0 Å². The molecule has 0 aromatic rings. The Morgan fingerprint density at radius 1 is 0.714 bits per heavy atom. The summed E-state index contributed by atoms with van der Waals surface area (Å²) in [6, 6.07) is 0. The number of Topliss-reactive ketones (excluding diaryl/α,β-unsaturated/α-hetero) is 1. The summed E-state index contributed by atoms with van der Waals surface area (Å²) in [5, 5.41) is 0. The molecule has 0 bridgehead atoms. The third-order valence-corrected chi connectivity index (χ3v) is 4.16. The molecule has 0 heterocycles. The van der Waals surface area contributed by atoms with Crippen LogP contribution in [0.4, 0.5) is 0 Å². The number of carbonyl (C=O) groups excluding carboxylic acids is 1. The van der Waals surface area contributed by atoms with E-state index in [1.807, 2.05) is 6.92 Å². The lowest BCUT2D eigenvalue weighted by Crippen LogP contribution is -2.14. The molecular formula is C26H41NO. The topological polar surface area (TPSA) is 43.1 Å². The van der Waals surface area contributed by atoms with E-state index < -0.39 is 0 Å². The van der Waals surface area contributed by atoms with Gasteiger partial charge in [-0.25, -0.2) is 0 Å². The lowest BCUT2D eigenvalue weighted by molar-refractivity contribution is -0.119. The van der Waals surface area contributed by atoms with Gasteiger partial charge >= 0.3 is 0 Å². The van der Waals surface area contributed by atoms with Crippen molar-refractivity contribution in [2.75, 3.05) is 6.54 Å². The van der Waals surface area contributed by atoms with Gasteiger partial charge < -0.3 is 5.73 Å². The van der Waals surface area contributed by atoms with Crippen molar-refractivity contribution in [2.45, 2.75) is 71.6 Å². The fraction of sp³-hybridized carbons (Fsp3) is 0.500. The molecule has 0 saturated heterocycles. The minimum atomic E-state index is 0.303. The van der Waals surface area contributed by atoms with Crippen molar-refractivity contribution in [1.29, 1.82) is 0 Å². The second-order valence-electron chi connectivity index (χ2n) is 7.04. The highest BCUT2D eigenvalue weighted by molar-refractivity contribution is 5.78. The summed E-state index contributed by atoms with van der Waals surface area (Å²) in [6.07, 6.45) is 34.4. The third kappa shape index (κ3) is 20.4. The van der Waals surface area contributed by atoms with Crippen molar-refractivity contribution in [3.05, 3.63) is 72.9 Å². The van der Waals surface area contributed by atoms with Gasteiger partial charge in [0, 0.05) is 12.8 Å². The van der Waals surface area contributed by atoms with Gasteiger partial charge in [0.05, 0.1) is 0 Å². The quantitative estimate of drug-likeness (QED) is 0.274. The van der Waals surface area contributed by atoms with Crippen LogP contribution in [0.1, 0.15) is 71.6 Å². The highest BCUT2D eigenvalue weighted by atomic mass is 16.1. The van der Waals surface area contributed by atoms with Crippen LogP contribution < -0.4 is 5.73 Å². The number of rotatable bonds is 17. The van der Waals surface area contributed by atoms with Crippen LogP contribution in [0.3, 0.4) is 0 Å². The first-order chi connectivity index (χ1) is 13.7. The summed E-state index contributed by atoms with van der Waals surface area (Å²) >= 11 is 0. The Morgan fingerprint density at radius 2 is 1.11 bits per heavy atom. The molecule has 1 atom stereocenters. The van der Waals surface area contributed by atoms with Gasteiger partial charge in [-0.1, -0.05) is 86.8 Å². The first-order valence-electron chi connectivity index (χ1n) is 10.8. The monoisotopic (exact) mass is 383 g/mol. The molecule has 1 unspecified atom stereocenters. The zero-order valence-corrected chi connectivity index (χ0v) is 18.1. The Kier molecular flexibility index (Phi) is 19.9. The smallest absolute Gasteiger partial charge is 0.133 e. The molecule has 0 aromatic heterocycles. The van der Waals surface area contributed by atoms with Crippen molar-refractivity contribution >= 4 is 5.78 Å². The minimum absolute atomic E-state index is 0.303. The molecular weight excluding hydrogens is 342 g/mol. The van der Waals surface area contributed by atoms with E-state index in [0.29, 0.717) is 31.1 Å². The molecule has 2 nitrogen and oxygen atoms in total. The van der Waals surface area contributed by atoms with Gasteiger partial charge in [0.25, 0.3) is 0 Å².